The first-order valence-corrected chi connectivity index (χ1v) is 10.3. The van der Waals surface area contributed by atoms with Crippen molar-refractivity contribution in [2.24, 2.45) is 0 Å². The number of anilines is 1. The third kappa shape index (κ3) is 5.02. The average molecular weight is 396 g/mol. The van der Waals surface area contributed by atoms with Crippen molar-refractivity contribution < 1.29 is 9.59 Å². The van der Waals surface area contributed by atoms with E-state index in [0.29, 0.717) is 44.5 Å². The van der Waals surface area contributed by atoms with Gasteiger partial charge in [0.05, 0.1) is 12.6 Å². The number of piperazine rings is 1. The van der Waals surface area contributed by atoms with Crippen molar-refractivity contribution in [3.8, 4) is 0 Å². The van der Waals surface area contributed by atoms with E-state index in [1.54, 1.807) is 0 Å². The molecule has 3 heterocycles. The lowest BCUT2D eigenvalue weighted by Gasteiger charge is -2.34. The van der Waals surface area contributed by atoms with E-state index in [2.05, 4.69) is 20.6 Å². The van der Waals surface area contributed by atoms with Gasteiger partial charge in [-0.2, -0.15) is 5.10 Å². The summed E-state index contributed by atoms with van der Waals surface area (Å²) in [5.41, 5.74) is 1.31. The molecule has 0 aliphatic carbocycles. The Morgan fingerprint density at radius 2 is 1.90 bits per heavy atom. The van der Waals surface area contributed by atoms with Gasteiger partial charge in [-0.25, -0.2) is 0 Å². The van der Waals surface area contributed by atoms with Crippen LogP contribution in [0.2, 0.25) is 0 Å². The Bertz CT molecular complexity index is 823. The van der Waals surface area contributed by atoms with Crippen LogP contribution in [0.3, 0.4) is 0 Å². The second-order valence-corrected chi connectivity index (χ2v) is 7.66. The third-order valence-corrected chi connectivity index (χ3v) is 5.56. The van der Waals surface area contributed by atoms with Crippen molar-refractivity contribution in [2.75, 3.05) is 51.1 Å². The first-order valence-electron chi connectivity index (χ1n) is 10.3. The van der Waals surface area contributed by atoms with Crippen molar-refractivity contribution >= 4 is 17.5 Å². The second-order valence-electron chi connectivity index (χ2n) is 7.66. The van der Waals surface area contributed by atoms with E-state index >= 15 is 0 Å². The highest BCUT2D eigenvalue weighted by Gasteiger charge is 2.25. The van der Waals surface area contributed by atoms with Crippen LogP contribution in [0.5, 0.6) is 0 Å². The van der Waals surface area contributed by atoms with Crippen LogP contribution < -0.4 is 10.6 Å². The number of hydrogen-bond donors (Lipinski definition) is 2. The van der Waals surface area contributed by atoms with Crippen LogP contribution in [0.15, 0.2) is 42.6 Å². The predicted octanol–water partition coefficient (Wildman–Crippen LogP) is 1.20. The van der Waals surface area contributed by atoms with Gasteiger partial charge in [-0.05, 0) is 37.6 Å². The Labute approximate surface area is 170 Å². The fourth-order valence-corrected chi connectivity index (χ4v) is 3.91. The molecule has 2 aromatic rings. The van der Waals surface area contributed by atoms with Crippen LogP contribution in [-0.2, 0) is 4.79 Å². The normalized spacial score (nSPS) is 20.4. The number of benzene rings is 1. The molecule has 4 rings (SSSR count). The minimum Gasteiger partial charge on any atom is -0.335 e. The number of amides is 2. The Hall–Kier alpha value is -2.71. The van der Waals surface area contributed by atoms with Crippen LogP contribution in [0.1, 0.15) is 29.4 Å². The van der Waals surface area contributed by atoms with Gasteiger partial charge in [0.15, 0.2) is 0 Å². The number of rotatable bonds is 5. The van der Waals surface area contributed by atoms with Gasteiger partial charge in [0.2, 0.25) is 5.91 Å². The molecule has 0 bridgehead atoms. The highest BCUT2D eigenvalue weighted by molar-refractivity contribution is 5.93. The molecule has 154 valence electrons. The number of nitrogens with one attached hydrogen (secondary N) is 2. The molecular formula is C21H28N6O2. The van der Waals surface area contributed by atoms with E-state index in [0.717, 1.165) is 31.6 Å². The van der Waals surface area contributed by atoms with Crippen molar-refractivity contribution in [1.29, 1.82) is 0 Å². The SMILES string of the molecule is O=C(CN1CCN(C(=O)c2ccn(C3CCCNC3)n2)CC1)Nc1ccccc1. The standard InChI is InChI=1S/C21H28N6O2/c28-20(23-17-5-2-1-3-6-17)16-25-11-13-26(14-12-25)21(29)19-8-10-27(24-19)18-7-4-9-22-15-18/h1-3,5-6,8,10,18,22H,4,7,9,11-16H2,(H,23,28). The van der Waals surface area contributed by atoms with Crippen LogP contribution in [-0.4, -0.2) is 77.2 Å². The molecule has 2 saturated heterocycles. The van der Waals surface area contributed by atoms with Gasteiger partial charge in [0.25, 0.3) is 5.91 Å². The van der Waals surface area contributed by atoms with Gasteiger partial charge in [-0.1, -0.05) is 18.2 Å². The predicted molar refractivity (Wildman–Crippen MR) is 111 cm³/mol. The third-order valence-electron chi connectivity index (χ3n) is 5.56. The van der Waals surface area contributed by atoms with Gasteiger partial charge in [-0.15, -0.1) is 0 Å². The van der Waals surface area contributed by atoms with Gasteiger partial charge in [-0.3, -0.25) is 19.2 Å². The molecule has 29 heavy (non-hydrogen) atoms. The molecular weight excluding hydrogens is 368 g/mol. The van der Waals surface area contributed by atoms with Gasteiger partial charge in [0, 0.05) is 44.6 Å². The number of carbonyl (C=O) groups is 2. The van der Waals surface area contributed by atoms with Crippen LogP contribution >= 0.6 is 0 Å². The minimum absolute atomic E-state index is 0.0269. The molecule has 2 amide bonds. The fourth-order valence-electron chi connectivity index (χ4n) is 3.91. The quantitative estimate of drug-likeness (QED) is 0.794. The summed E-state index contributed by atoms with van der Waals surface area (Å²) >= 11 is 0. The molecule has 2 aliphatic rings. The topological polar surface area (TPSA) is 82.5 Å². The largest absolute Gasteiger partial charge is 0.335 e. The van der Waals surface area contributed by atoms with Crippen LogP contribution in [0.25, 0.3) is 0 Å². The lowest BCUT2D eigenvalue weighted by molar-refractivity contribution is -0.117. The molecule has 1 aromatic heterocycles. The Morgan fingerprint density at radius 3 is 2.62 bits per heavy atom. The molecule has 8 heteroatoms. The van der Waals surface area contributed by atoms with Gasteiger partial charge in [0.1, 0.15) is 5.69 Å². The highest BCUT2D eigenvalue weighted by atomic mass is 16.2. The molecule has 0 spiro atoms. The zero-order chi connectivity index (χ0) is 20.1. The number of carbonyl (C=O) groups excluding carboxylic acids is 2. The maximum absolute atomic E-state index is 12.8. The van der Waals surface area contributed by atoms with Gasteiger partial charge >= 0.3 is 0 Å². The van der Waals surface area contributed by atoms with E-state index in [4.69, 9.17) is 0 Å². The molecule has 1 unspecified atom stereocenters. The molecule has 2 fully saturated rings. The summed E-state index contributed by atoms with van der Waals surface area (Å²) < 4.78 is 1.92. The zero-order valence-corrected chi connectivity index (χ0v) is 16.6. The van der Waals surface area contributed by atoms with E-state index in [1.165, 1.54) is 0 Å². The summed E-state index contributed by atoms with van der Waals surface area (Å²) in [6, 6.07) is 11.6. The highest BCUT2D eigenvalue weighted by Crippen LogP contribution is 2.16. The van der Waals surface area contributed by atoms with E-state index < -0.39 is 0 Å². The lowest BCUT2D eigenvalue weighted by atomic mass is 10.1. The van der Waals surface area contributed by atoms with Crippen LogP contribution in [0, 0.1) is 0 Å². The first kappa shape index (κ1) is 19.6. The van der Waals surface area contributed by atoms with E-state index in [-0.39, 0.29) is 11.8 Å². The van der Waals surface area contributed by atoms with Crippen LogP contribution in [0.4, 0.5) is 5.69 Å². The number of piperidine rings is 1. The monoisotopic (exact) mass is 396 g/mol. The van der Waals surface area contributed by atoms with Crippen molar-refractivity contribution in [2.45, 2.75) is 18.9 Å². The summed E-state index contributed by atoms with van der Waals surface area (Å²) in [6.45, 7) is 4.86. The first-order chi connectivity index (χ1) is 14.2. The summed E-state index contributed by atoms with van der Waals surface area (Å²) in [5.74, 6) is -0.0586. The lowest BCUT2D eigenvalue weighted by Crippen LogP contribution is -2.50. The van der Waals surface area contributed by atoms with Crippen molar-refractivity contribution in [3.63, 3.8) is 0 Å². The smallest absolute Gasteiger partial charge is 0.274 e. The molecule has 0 saturated carbocycles. The van der Waals surface area contributed by atoms with Crippen molar-refractivity contribution in [3.05, 3.63) is 48.3 Å². The fraction of sp³-hybridized carbons (Fsp3) is 0.476. The number of aromatic nitrogens is 2. The number of nitrogens with zero attached hydrogens (tertiary/aromatic N) is 4. The molecule has 2 aliphatic heterocycles. The van der Waals surface area contributed by atoms with Crippen molar-refractivity contribution in [1.82, 2.24) is 24.9 Å². The van der Waals surface area contributed by atoms with Gasteiger partial charge < -0.3 is 15.5 Å². The number of hydrogen-bond acceptors (Lipinski definition) is 5. The van der Waals surface area contributed by atoms with E-state index in [9.17, 15) is 9.59 Å². The summed E-state index contributed by atoms with van der Waals surface area (Å²) in [7, 11) is 0. The maximum Gasteiger partial charge on any atom is 0.274 e. The molecule has 2 N–H and O–H groups in total. The second kappa shape index (κ2) is 9.19. The Kier molecular flexibility index (Phi) is 6.21. The Balaban J connectivity index is 1.25. The zero-order valence-electron chi connectivity index (χ0n) is 16.6. The van der Waals surface area contributed by atoms with E-state index in [1.807, 2.05) is 52.2 Å². The minimum atomic E-state index is -0.0317. The Morgan fingerprint density at radius 1 is 1.10 bits per heavy atom. The summed E-state index contributed by atoms with van der Waals surface area (Å²) in [4.78, 5) is 28.9. The molecule has 1 aromatic carbocycles. The summed E-state index contributed by atoms with van der Waals surface area (Å²) in [5, 5.41) is 10.8. The molecule has 8 nitrogen and oxygen atoms in total. The molecule has 0 radical (unpaired) electrons. The number of para-hydroxylation sites is 1. The average Bonchev–Trinajstić information content (AvgIpc) is 3.25. The maximum atomic E-state index is 12.8. The summed E-state index contributed by atoms with van der Waals surface area (Å²) in [6.07, 6.45) is 4.13. The molecule has 1 atom stereocenters.